The fourth-order valence-electron chi connectivity index (χ4n) is 1.82. The minimum Gasteiger partial charge on any atom is -0.493 e. The van der Waals surface area contributed by atoms with Gasteiger partial charge in [-0.3, -0.25) is 0 Å². The van der Waals surface area contributed by atoms with Gasteiger partial charge in [0.2, 0.25) is 0 Å². The molecule has 0 spiro atoms. The SMILES string of the molecule is COc1ccccc1OCc1cc(F)ccc1C(N)=S. The second kappa shape index (κ2) is 6.34. The van der Waals surface area contributed by atoms with Crippen molar-refractivity contribution in [3.8, 4) is 11.5 Å². The maximum atomic E-state index is 13.3. The summed E-state index contributed by atoms with van der Waals surface area (Å²) in [6.45, 7) is 0.158. The van der Waals surface area contributed by atoms with Gasteiger partial charge in [0, 0.05) is 11.1 Å². The summed E-state index contributed by atoms with van der Waals surface area (Å²) in [5.41, 5.74) is 6.83. The number of para-hydroxylation sites is 2. The first-order chi connectivity index (χ1) is 9.61. The third-order valence-electron chi connectivity index (χ3n) is 2.78. The van der Waals surface area contributed by atoms with Gasteiger partial charge in [-0.2, -0.15) is 0 Å². The summed E-state index contributed by atoms with van der Waals surface area (Å²) in [7, 11) is 1.56. The van der Waals surface area contributed by atoms with Crippen LogP contribution in [0, 0.1) is 5.82 Å². The standard InChI is InChI=1S/C15H14FNO2S/c1-18-13-4-2-3-5-14(13)19-9-10-8-11(16)6-7-12(10)15(17)20/h2-8H,9H2,1H3,(H2,17,20). The van der Waals surface area contributed by atoms with E-state index in [4.69, 9.17) is 27.4 Å². The Morgan fingerprint density at radius 2 is 1.90 bits per heavy atom. The molecule has 0 unspecified atom stereocenters. The van der Waals surface area contributed by atoms with Gasteiger partial charge in [-0.15, -0.1) is 0 Å². The Hall–Kier alpha value is -2.14. The summed E-state index contributed by atoms with van der Waals surface area (Å²) < 4.78 is 24.2. The molecule has 0 aliphatic carbocycles. The second-order valence-electron chi connectivity index (χ2n) is 4.11. The van der Waals surface area contributed by atoms with E-state index in [2.05, 4.69) is 0 Å². The van der Waals surface area contributed by atoms with Gasteiger partial charge < -0.3 is 15.2 Å². The zero-order valence-corrected chi connectivity index (χ0v) is 11.7. The number of rotatable bonds is 5. The highest BCUT2D eigenvalue weighted by atomic mass is 32.1. The molecular weight excluding hydrogens is 277 g/mol. The number of nitrogens with two attached hydrogens (primary N) is 1. The van der Waals surface area contributed by atoms with E-state index in [1.165, 1.54) is 12.1 Å². The number of halogens is 1. The number of ether oxygens (including phenoxy) is 2. The molecule has 2 N–H and O–H groups in total. The van der Waals surface area contributed by atoms with Crippen LogP contribution < -0.4 is 15.2 Å². The second-order valence-corrected chi connectivity index (χ2v) is 4.55. The number of hydrogen-bond donors (Lipinski definition) is 1. The molecule has 0 aliphatic rings. The highest BCUT2D eigenvalue weighted by molar-refractivity contribution is 7.80. The molecule has 3 nitrogen and oxygen atoms in total. The fourth-order valence-corrected chi connectivity index (χ4v) is 2.01. The van der Waals surface area contributed by atoms with Crippen LogP contribution in [0.2, 0.25) is 0 Å². The Morgan fingerprint density at radius 3 is 2.55 bits per heavy atom. The lowest BCUT2D eigenvalue weighted by Gasteiger charge is -2.12. The lowest BCUT2D eigenvalue weighted by atomic mass is 10.1. The van der Waals surface area contributed by atoms with E-state index in [-0.39, 0.29) is 17.4 Å². The number of benzene rings is 2. The van der Waals surface area contributed by atoms with E-state index >= 15 is 0 Å². The van der Waals surface area contributed by atoms with Crippen LogP contribution in [0.5, 0.6) is 11.5 Å². The maximum Gasteiger partial charge on any atom is 0.161 e. The zero-order chi connectivity index (χ0) is 14.5. The summed E-state index contributed by atoms with van der Waals surface area (Å²) in [6.07, 6.45) is 0. The summed E-state index contributed by atoms with van der Waals surface area (Å²) in [5.74, 6) is 0.831. The van der Waals surface area contributed by atoms with Gasteiger partial charge in [0.05, 0.1) is 7.11 Å². The van der Waals surface area contributed by atoms with Crippen molar-refractivity contribution in [1.29, 1.82) is 0 Å². The first kappa shape index (κ1) is 14.3. The molecule has 104 valence electrons. The quantitative estimate of drug-likeness (QED) is 0.860. The molecule has 2 aromatic carbocycles. The molecule has 20 heavy (non-hydrogen) atoms. The van der Waals surface area contributed by atoms with Crippen LogP contribution >= 0.6 is 12.2 Å². The van der Waals surface area contributed by atoms with Crippen molar-refractivity contribution in [3.63, 3.8) is 0 Å². The van der Waals surface area contributed by atoms with Gasteiger partial charge in [0.1, 0.15) is 17.4 Å². The molecule has 0 radical (unpaired) electrons. The first-order valence-electron chi connectivity index (χ1n) is 5.96. The van der Waals surface area contributed by atoms with Gasteiger partial charge in [-0.25, -0.2) is 4.39 Å². The average Bonchev–Trinajstić information content (AvgIpc) is 2.45. The highest BCUT2D eigenvalue weighted by Crippen LogP contribution is 2.27. The molecule has 0 aliphatic heterocycles. The Balaban J connectivity index is 2.22. The van der Waals surface area contributed by atoms with Crippen molar-refractivity contribution in [1.82, 2.24) is 0 Å². The van der Waals surface area contributed by atoms with Crippen LogP contribution in [0.1, 0.15) is 11.1 Å². The van der Waals surface area contributed by atoms with E-state index in [1.807, 2.05) is 12.1 Å². The van der Waals surface area contributed by atoms with Crippen molar-refractivity contribution in [3.05, 3.63) is 59.4 Å². The monoisotopic (exact) mass is 291 g/mol. The van der Waals surface area contributed by atoms with Crippen molar-refractivity contribution in [2.45, 2.75) is 6.61 Å². The Bertz CT molecular complexity index is 631. The third kappa shape index (κ3) is 3.24. The van der Waals surface area contributed by atoms with E-state index < -0.39 is 0 Å². The van der Waals surface area contributed by atoms with Gasteiger partial charge in [0.25, 0.3) is 0 Å². The molecule has 5 heteroatoms. The Labute approximate surface area is 122 Å². The van der Waals surface area contributed by atoms with Crippen molar-refractivity contribution in [2.75, 3.05) is 7.11 Å². The lowest BCUT2D eigenvalue weighted by molar-refractivity contribution is 0.284. The number of hydrogen-bond acceptors (Lipinski definition) is 3. The Kier molecular flexibility index (Phi) is 4.53. The average molecular weight is 291 g/mol. The first-order valence-corrected chi connectivity index (χ1v) is 6.36. The van der Waals surface area contributed by atoms with Crippen LogP contribution in [-0.2, 0) is 6.61 Å². The normalized spacial score (nSPS) is 10.1. The molecule has 0 amide bonds. The van der Waals surface area contributed by atoms with Gasteiger partial charge in [0.15, 0.2) is 11.5 Å². The summed E-state index contributed by atoms with van der Waals surface area (Å²) in [6, 6.07) is 11.5. The molecule has 0 saturated carbocycles. The minimum atomic E-state index is -0.358. The molecular formula is C15H14FNO2S. The van der Waals surface area contributed by atoms with E-state index in [1.54, 1.807) is 25.3 Å². The predicted octanol–water partition coefficient (Wildman–Crippen LogP) is 3.05. The predicted molar refractivity (Wildman–Crippen MR) is 79.6 cm³/mol. The van der Waals surface area contributed by atoms with E-state index in [9.17, 15) is 4.39 Å². The van der Waals surface area contributed by atoms with Crippen LogP contribution in [-0.4, -0.2) is 12.1 Å². The van der Waals surface area contributed by atoms with Gasteiger partial charge in [-0.1, -0.05) is 24.4 Å². The zero-order valence-electron chi connectivity index (χ0n) is 10.9. The third-order valence-corrected chi connectivity index (χ3v) is 3.00. The molecule has 0 atom stereocenters. The van der Waals surface area contributed by atoms with Gasteiger partial charge >= 0.3 is 0 Å². The van der Waals surface area contributed by atoms with E-state index in [0.717, 1.165) is 0 Å². The fraction of sp³-hybridized carbons (Fsp3) is 0.133. The van der Waals surface area contributed by atoms with E-state index in [0.29, 0.717) is 22.6 Å². The van der Waals surface area contributed by atoms with Crippen molar-refractivity contribution in [2.24, 2.45) is 5.73 Å². The largest absolute Gasteiger partial charge is 0.493 e. The molecule has 0 heterocycles. The number of thiocarbonyl (C=S) groups is 1. The molecule has 2 rings (SSSR count). The summed E-state index contributed by atoms with van der Waals surface area (Å²) in [5, 5.41) is 0. The molecule has 0 bridgehead atoms. The topological polar surface area (TPSA) is 44.5 Å². The minimum absolute atomic E-state index is 0.158. The van der Waals surface area contributed by atoms with Crippen LogP contribution in [0.4, 0.5) is 4.39 Å². The van der Waals surface area contributed by atoms with Crippen LogP contribution in [0.15, 0.2) is 42.5 Å². The van der Waals surface area contributed by atoms with Crippen LogP contribution in [0.3, 0.4) is 0 Å². The van der Waals surface area contributed by atoms with Crippen molar-refractivity contribution < 1.29 is 13.9 Å². The summed E-state index contributed by atoms with van der Waals surface area (Å²) in [4.78, 5) is 0.212. The smallest absolute Gasteiger partial charge is 0.161 e. The molecule has 0 saturated heterocycles. The summed E-state index contributed by atoms with van der Waals surface area (Å²) >= 11 is 4.95. The highest BCUT2D eigenvalue weighted by Gasteiger charge is 2.09. The molecule has 0 fully saturated rings. The van der Waals surface area contributed by atoms with Crippen LogP contribution in [0.25, 0.3) is 0 Å². The Morgan fingerprint density at radius 1 is 1.20 bits per heavy atom. The maximum absolute atomic E-state index is 13.3. The van der Waals surface area contributed by atoms with Crippen molar-refractivity contribution >= 4 is 17.2 Å². The molecule has 2 aromatic rings. The lowest BCUT2D eigenvalue weighted by Crippen LogP contribution is -2.14. The molecule has 0 aromatic heterocycles. The number of methoxy groups -OCH3 is 1. The van der Waals surface area contributed by atoms with Gasteiger partial charge in [-0.05, 0) is 30.3 Å².